The van der Waals surface area contributed by atoms with Crippen molar-refractivity contribution in [3.8, 4) is 0 Å². The van der Waals surface area contributed by atoms with Crippen molar-refractivity contribution in [3.63, 3.8) is 0 Å². The molecule has 1 saturated heterocycles. The minimum Gasteiger partial charge on any atom is -0.381 e. The minimum absolute atomic E-state index is 0.228. The van der Waals surface area contributed by atoms with E-state index >= 15 is 0 Å². The number of nitro benzene ring substituents is 1. The highest BCUT2D eigenvalue weighted by atomic mass is 16.6. The number of rotatable bonds is 7. The summed E-state index contributed by atoms with van der Waals surface area (Å²) in [6.07, 6.45) is 2.83. The summed E-state index contributed by atoms with van der Waals surface area (Å²) in [5.41, 5.74) is 2.04. The van der Waals surface area contributed by atoms with E-state index in [4.69, 9.17) is 4.74 Å². The van der Waals surface area contributed by atoms with Crippen molar-refractivity contribution in [1.82, 2.24) is 0 Å². The van der Waals surface area contributed by atoms with Crippen LogP contribution in [-0.2, 0) is 4.74 Å². The van der Waals surface area contributed by atoms with E-state index in [9.17, 15) is 10.1 Å². The number of nitrogens with zero attached hydrogens (tertiary/aromatic N) is 2. The molecule has 24 heavy (non-hydrogen) atoms. The van der Waals surface area contributed by atoms with Crippen molar-refractivity contribution in [3.05, 3.63) is 33.9 Å². The highest BCUT2D eigenvalue weighted by Gasteiger charge is 2.28. The average molecular weight is 334 g/mol. The molecule has 1 unspecified atom stereocenters. The number of hydrogen-bond acceptors (Lipinski definition) is 4. The van der Waals surface area contributed by atoms with Gasteiger partial charge >= 0.3 is 0 Å². The van der Waals surface area contributed by atoms with Crippen molar-refractivity contribution in [2.75, 3.05) is 24.7 Å². The lowest BCUT2D eigenvalue weighted by molar-refractivity contribution is -0.384. The molecule has 0 aliphatic carbocycles. The van der Waals surface area contributed by atoms with Crippen LogP contribution in [0.3, 0.4) is 0 Å². The second-order valence-corrected chi connectivity index (χ2v) is 7.20. The Kier molecular flexibility index (Phi) is 6.60. The lowest BCUT2D eigenvalue weighted by Gasteiger charge is -2.37. The Morgan fingerprint density at radius 1 is 1.29 bits per heavy atom. The molecule has 1 heterocycles. The van der Waals surface area contributed by atoms with Crippen LogP contribution in [-0.4, -0.2) is 30.7 Å². The van der Waals surface area contributed by atoms with Crippen LogP contribution in [0.15, 0.2) is 18.2 Å². The first-order valence-corrected chi connectivity index (χ1v) is 9.06. The second-order valence-electron chi connectivity index (χ2n) is 7.20. The van der Waals surface area contributed by atoms with E-state index in [1.807, 2.05) is 6.07 Å². The van der Waals surface area contributed by atoms with Crippen LogP contribution in [0.5, 0.6) is 0 Å². The predicted molar refractivity (Wildman–Crippen MR) is 97.8 cm³/mol. The molecule has 1 aromatic rings. The fourth-order valence-electron chi connectivity index (χ4n) is 3.31. The summed E-state index contributed by atoms with van der Waals surface area (Å²) >= 11 is 0. The van der Waals surface area contributed by atoms with Gasteiger partial charge in [-0.15, -0.1) is 0 Å². The monoisotopic (exact) mass is 334 g/mol. The van der Waals surface area contributed by atoms with Crippen molar-refractivity contribution >= 4 is 11.4 Å². The fourth-order valence-corrected chi connectivity index (χ4v) is 3.31. The molecule has 134 valence electrons. The third-order valence-electron chi connectivity index (χ3n) is 4.88. The molecule has 1 fully saturated rings. The standard InChI is InChI=1S/C19H30N2O3/c1-5-15(4)16-6-7-18(19(12-16)21(22)23)20(13-14(2)3)17-8-10-24-11-9-17/h6-7,12,14-15,17H,5,8-11,13H2,1-4H3. The van der Waals surface area contributed by atoms with E-state index in [0.717, 1.165) is 50.3 Å². The lowest BCUT2D eigenvalue weighted by atomic mass is 9.96. The zero-order valence-corrected chi connectivity index (χ0v) is 15.3. The quantitative estimate of drug-likeness (QED) is 0.533. The maximum absolute atomic E-state index is 11.7. The summed E-state index contributed by atoms with van der Waals surface area (Å²) in [5, 5.41) is 11.7. The van der Waals surface area contributed by atoms with Gasteiger partial charge in [0.25, 0.3) is 5.69 Å². The van der Waals surface area contributed by atoms with Gasteiger partial charge < -0.3 is 9.64 Å². The number of hydrogen-bond donors (Lipinski definition) is 0. The van der Waals surface area contributed by atoms with Gasteiger partial charge in [0, 0.05) is 31.9 Å². The molecule has 5 nitrogen and oxygen atoms in total. The van der Waals surface area contributed by atoms with Gasteiger partial charge in [-0.2, -0.15) is 0 Å². The first-order chi connectivity index (χ1) is 11.4. The summed E-state index contributed by atoms with van der Waals surface area (Å²) in [5.74, 6) is 0.779. The van der Waals surface area contributed by atoms with Crippen LogP contribution in [0.25, 0.3) is 0 Å². The largest absolute Gasteiger partial charge is 0.381 e. The Balaban J connectivity index is 2.41. The Bertz CT molecular complexity index is 554. The maximum atomic E-state index is 11.7. The van der Waals surface area contributed by atoms with E-state index < -0.39 is 0 Å². The average Bonchev–Trinajstić information content (AvgIpc) is 2.59. The molecule has 0 aromatic heterocycles. The number of ether oxygens (including phenoxy) is 1. The summed E-state index contributed by atoms with van der Waals surface area (Å²) in [7, 11) is 0. The summed E-state index contributed by atoms with van der Waals surface area (Å²) in [4.78, 5) is 13.7. The summed E-state index contributed by atoms with van der Waals surface area (Å²) in [6.45, 7) is 10.8. The Labute approximate surface area is 145 Å². The molecule has 0 bridgehead atoms. The molecule has 0 saturated carbocycles. The zero-order valence-electron chi connectivity index (χ0n) is 15.3. The Hall–Kier alpha value is -1.62. The minimum atomic E-state index is -0.228. The molecule has 1 aromatic carbocycles. The molecule has 0 spiro atoms. The van der Waals surface area contributed by atoms with E-state index in [1.54, 1.807) is 6.07 Å². The van der Waals surface area contributed by atoms with Crippen LogP contribution >= 0.6 is 0 Å². The normalized spacial score (nSPS) is 17.0. The maximum Gasteiger partial charge on any atom is 0.292 e. The third kappa shape index (κ3) is 4.47. The molecule has 0 radical (unpaired) electrons. The van der Waals surface area contributed by atoms with Gasteiger partial charge in [0.05, 0.1) is 4.92 Å². The van der Waals surface area contributed by atoms with Gasteiger partial charge in [-0.1, -0.05) is 33.8 Å². The first kappa shape index (κ1) is 18.7. The van der Waals surface area contributed by atoms with E-state index in [2.05, 4.69) is 38.7 Å². The molecule has 2 rings (SSSR count). The smallest absolute Gasteiger partial charge is 0.292 e. The van der Waals surface area contributed by atoms with Gasteiger partial charge in [-0.3, -0.25) is 10.1 Å². The second kappa shape index (κ2) is 8.47. The highest BCUT2D eigenvalue weighted by Crippen LogP contribution is 2.35. The highest BCUT2D eigenvalue weighted by molar-refractivity contribution is 5.65. The van der Waals surface area contributed by atoms with Crippen molar-refractivity contribution < 1.29 is 9.66 Å². The molecular formula is C19H30N2O3. The van der Waals surface area contributed by atoms with E-state index in [0.29, 0.717) is 17.9 Å². The molecule has 0 amide bonds. The van der Waals surface area contributed by atoms with Gasteiger partial charge in [-0.05, 0) is 42.7 Å². The van der Waals surface area contributed by atoms with Gasteiger partial charge in [-0.25, -0.2) is 0 Å². The van der Waals surface area contributed by atoms with Crippen molar-refractivity contribution in [2.24, 2.45) is 5.92 Å². The molecular weight excluding hydrogens is 304 g/mol. The molecule has 1 aliphatic heterocycles. The molecule has 5 heteroatoms. The van der Waals surface area contributed by atoms with Gasteiger partial charge in [0.15, 0.2) is 0 Å². The SMILES string of the molecule is CCC(C)c1ccc(N(CC(C)C)C2CCOCC2)c([N+](=O)[O-])c1. The van der Waals surface area contributed by atoms with Crippen LogP contribution in [0.2, 0.25) is 0 Å². The predicted octanol–water partition coefficient (Wildman–Crippen LogP) is 4.75. The van der Waals surface area contributed by atoms with Crippen LogP contribution in [0.4, 0.5) is 11.4 Å². The van der Waals surface area contributed by atoms with Crippen LogP contribution in [0, 0.1) is 16.0 Å². The number of benzene rings is 1. The number of nitro groups is 1. The molecule has 1 aliphatic rings. The topological polar surface area (TPSA) is 55.6 Å². The zero-order chi connectivity index (χ0) is 17.7. The van der Waals surface area contributed by atoms with Gasteiger partial charge in [0.2, 0.25) is 0 Å². The Morgan fingerprint density at radius 3 is 2.50 bits per heavy atom. The lowest BCUT2D eigenvalue weighted by Crippen LogP contribution is -2.42. The van der Waals surface area contributed by atoms with Gasteiger partial charge in [0.1, 0.15) is 5.69 Å². The first-order valence-electron chi connectivity index (χ1n) is 9.06. The fraction of sp³-hybridized carbons (Fsp3) is 0.684. The van der Waals surface area contributed by atoms with Crippen molar-refractivity contribution in [2.45, 2.75) is 58.9 Å². The van der Waals surface area contributed by atoms with Crippen molar-refractivity contribution in [1.29, 1.82) is 0 Å². The summed E-state index contributed by atoms with van der Waals surface area (Å²) in [6, 6.07) is 6.10. The van der Waals surface area contributed by atoms with E-state index in [-0.39, 0.29) is 10.6 Å². The molecule has 0 N–H and O–H groups in total. The summed E-state index contributed by atoms with van der Waals surface area (Å²) < 4.78 is 5.47. The number of anilines is 1. The Morgan fingerprint density at radius 2 is 1.96 bits per heavy atom. The van der Waals surface area contributed by atoms with Crippen LogP contribution in [0.1, 0.15) is 58.4 Å². The van der Waals surface area contributed by atoms with Crippen LogP contribution < -0.4 is 4.90 Å². The third-order valence-corrected chi connectivity index (χ3v) is 4.88. The molecule has 1 atom stereocenters. The van der Waals surface area contributed by atoms with E-state index in [1.165, 1.54) is 0 Å².